The van der Waals surface area contributed by atoms with E-state index >= 15 is 0 Å². The van der Waals surface area contributed by atoms with E-state index < -0.39 is 0 Å². The van der Waals surface area contributed by atoms with Crippen LogP contribution in [0.25, 0.3) is 0 Å². The zero-order valence-electron chi connectivity index (χ0n) is 8.57. The molecule has 1 aliphatic heterocycles. The molecule has 0 radical (unpaired) electrons. The number of ether oxygens (including phenoxy) is 1. The Morgan fingerprint density at radius 3 is 3.20 bits per heavy atom. The Morgan fingerprint density at radius 1 is 1.53 bits per heavy atom. The smallest absolute Gasteiger partial charge is 0.0991 e. The molecule has 0 spiro atoms. The number of nitriles is 1. The van der Waals surface area contributed by atoms with Crippen molar-refractivity contribution in [1.82, 2.24) is 5.32 Å². The molecule has 0 amide bonds. The number of hydrogen-bond acceptors (Lipinski definition) is 3. The van der Waals surface area contributed by atoms with Crippen molar-refractivity contribution in [2.24, 2.45) is 0 Å². The molecule has 1 aliphatic rings. The van der Waals surface area contributed by atoms with Crippen LogP contribution in [0.15, 0.2) is 24.3 Å². The molecule has 3 nitrogen and oxygen atoms in total. The molecule has 1 saturated heterocycles. The molecule has 0 bridgehead atoms. The third-order valence-electron chi connectivity index (χ3n) is 2.58. The van der Waals surface area contributed by atoms with E-state index in [1.165, 1.54) is 0 Å². The summed E-state index contributed by atoms with van der Waals surface area (Å²) < 4.78 is 5.28. The van der Waals surface area contributed by atoms with Gasteiger partial charge in [-0.05, 0) is 24.1 Å². The maximum atomic E-state index is 8.75. The number of nitrogens with zero attached hydrogens (tertiary/aromatic N) is 1. The van der Waals surface area contributed by atoms with E-state index in [1.54, 1.807) is 0 Å². The van der Waals surface area contributed by atoms with Gasteiger partial charge in [0.05, 0.1) is 18.2 Å². The van der Waals surface area contributed by atoms with Gasteiger partial charge in [-0.1, -0.05) is 12.1 Å². The highest BCUT2D eigenvalue weighted by Crippen LogP contribution is 2.07. The SMILES string of the molecule is N#Cc1cccc(CNC2CCOC2)c1. The minimum atomic E-state index is 0.468. The second-order valence-corrected chi connectivity index (χ2v) is 3.75. The van der Waals surface area contributed by atoms with Gasteiger partial charge in [-0.3, -0.25) is 0 Å². The fourth-order valence-corrected chi connectivity index (χ4v) is 1.71. The fraction of sp³-hybridized carbons (Fsp3) is 0.417. The van der Waals surface area contributed by atoms with Crippen LogP contribution in [0.4, 0.5) is 0 Å². The quantitative estimate of drug-likeness (QED) is 0.806. The summed E-state index contributed by atoms with van der Waals surface area (Å²) in [6.07, 6.45) is 1.08. The summed E-state index contributed by atoms with van der Waals surface area (Å²) in [5.74, 6) is 0. The standard InChI is InChI=1S/C12H14N2O/c13-7-10-2-1-3-11(6-10)8-14-12-4-5-15-9-12/h1-3,6,12,14H,4-5,8-9H2. The lowest BCUT2D eigenvalue weighted by atomic mass is 10.1. The molecule has 1 N–H and O–H groups in total. The molecule has 1 unspecified atom stereocenters. The molecule has 1 aromatic rings. The Hall–Kier alpha value is -1.37. The number of nitrogens with one attached hydrogen (secondary N) is 1. The summed E-state index contributed by atoms with van der Waals surface area (Å²) in [5.41, 5.74) is 1.87. The van der Waals surface area contributed by atoms with E-state index in [0.717, 1.165) is 37.3 Å². The molecule has 1 fully saturated rings. The summed E-state index contributed by atoms with van der Waals surface area (Å²) >= 11 is 0. The van der Waals surface area contributed by atoms with Crippen molar-refractivity contribution in [2.45, 2.75) is 19.0 Å². The highest BCUT2D eigenvalue weighted by molar-refractivity contribution is 5.32. The van der Waals surface area contributed by atoms with Gasteiger partial charge in [0.1, 0.15) is 0 Å². The van der Waals surface area contributed by atoms with Crippen molar-refractivity contribution in [3.8, 4) is 6.07 Å². The molecule has 1 atom stereocenters. The van der Waals surface area contributed by atoms with Gasteiger partial charge in [-0.25, -0.2) is 0 Å². The van der Waals surface area contributed by atoms with Crippen LogP contribution in [0.5, 0.6) is 0 Å². The second-order valence-electron chi connectivity index (χ2n) is 3.75. The normalized spacial score (nSPS) is 20.1. The van der Waals surface area contributed by atoms with Crippen LogP contribution in [-0.2, 0) is 11.3 Å². The first kappa shape index (κ1) is 10.2. The van der Waals surface area contributed by atoms with Crippen LogP contribution in [0, 0.1) is 11.3 Å². The lowest BCUT2D eigenvalue weighted by Crippen LogP contribution is -2.28. The van der Waals surface area contributed by atoms with Gasteiger partial charge in [0.25, 0.3) is 0 Å². The lowest BCUT2D eigenvalue weighted by Gasteiger charge is -2.10. The summed E-state index contributed by atoms with van der Waals surface area (Å²) in [6.45, 7) is 2.47. The average Bonchev–Trinajstić information content (AvgIpc) is 2.79. The third kappa shape index (κ3) is 2.79. The molecule has 2 rings (SSSR count). The van der Waals surface area contributed by atoms with Crippen molar-refractivity contribution >= 4 is 0 Å². The predicted molar refractivity (Wildman–Crippen MR) is 57.2 cm³/mol. The van der Waals surface area contributed by atoms with Gasteiger partial charge < -0.3 is 10.1 Å². The average molecular weight is 202 g/mol. The molecular weight excluding hydrogens is 188 g/mol. The van der Waals surface area contributed by atoms with Crippen LogP contribution in [0.1, 0.15) is 17.5 Å². The lowest BCUT2D eigenvalue weighted by molar-refractivity contribution is 0.190. The van der Waals surface area contributed by atoms with Crippen LogP contribution in [0.3, 0.4) is 0 Å². The van der Waals surface area contributed by atoms with Gasteiger partial charge in [-0.2, -0.15) is 5.26 Å². The minimum absolute atomic E-state index is 0.468. The minimum Gasteiger partial charge on any atom is -0.380 e. The zero-order valence-corrected chi connectivity index (χ0v) is 8.57. The van der Waals surface area contributed by atoms with E-state index in [2.05, 4.69) is 11.4 Å². The van der Waals surface area contributed by atoms with Gasteiger partial charge in [0.15, 0.2) is 0 Å². The summed E-state index contributed by atoms with van der Waals surface area (Å²) in [5, 5.41) is 12.2. The fourth-order valence-electron chi connectivity index (χ4n) is 1.71. The molecule has 1 aromatic carbocycles. The van der Waals surface area contributed by atoms with E-state index in [9.17, 15) is 0 Å². The van der Waals surface area contributed by atoms with Crippen molar-refractivity contribution in [3.05, 3.63) is 35.4 Å². The molecular formula is C12H14N2O. The second kappa shape index (κ2) is 4.92. The highest BCUT2D eigenvalue weighted by atomic mass is 16.5. The number of rotatable bonds is 3. The first-order valence-corrected chi connectivity index (χ1v) is 5.18. The van der Waals surface area contributed by atoms with Gasteiger partial charge in [-0.15, -0.1) is 0 Å². The van der Waals surface area contributed by atoms with Crippen molar-refractivity contribution in [3.63, 3.8) is 0 Å². The Bertz CT molecular complexity index is 364. The topological polar surface area (TPSA) is 45.0 Å². The Morgan fingerprint density at radius 2 is 2.47 bits per heavy atom. The van der Waals surface area contributed by atoms with E-state index in [0.29, 0.717) is 6.04 Å². The molecule has 1 heterocycles. The zero-order chi connectivity index (χ0) is 10.5. The molecule has 0 aliphatic carbocycles. The Balaban J connectivity index is 1.90. The highest BCUT2D eigenvalue weighted by Gasteiger charge is 2.14. The van der Waals surface area contributed by atoms with Gasteiger partial charge >= 0.3 is 0 Å². The molecule has 0 aromatic heterocycles. The summed E-state index contributed by atoms with van der Waals surface area (Å²) in [7, 11) is 0. The Kier molecular flexibility index (Phi) is 3.33. The third-order valence-corrected chi connectivity index (χ3v) is 2.58. The van der Waals surface area contributed by atoms with E-state index in [4.69, 9.17) is 10.00 Å². The summed E-state index contributed by atoms with van der Waals surface area (Å²) in [4.78, 5) is 0. The number of hydrogen-bond donors (Lipinski definition) is 1. The monoisotopic (exact) mass is 202 g/mol. The van der Waals surface area contributed by atoms with Crippen LogP contribution < -0.4 is 5.32 Å². The summed E-state index contributed by atoms with van der Waals surface area (Å²) in [6, 6.07) is 10.3. The molecule has 78 valence electrons. The van der Waals surface area contributed by atoms with Crippen molar-refractivity contribution < 1.29 is 4.74 Å². The van der Waals surface area contributed by atoms with E-state index in [1.807, 2.05) is 24.3 Å². The first-order chi connectivity index (χ1) is 7.38. The van der Waals surface area contributed by atoms with Gasteiger partial charge in [0.2, 0.25) is 0 Å². The Labute approximate surface area is 89.7 Å². The maximum Gasteiger partial charge on any atom is 0.0991 e. The van der Waals surface area contributed by atoms with Crippen LogP contribution >= 0.6 is 0 Å². The number of benzene rings is 1. The predicted octanol–water partition coefficient (Wildman–Crippen LogP) is 1.44. The largest absolute Gasteiger partial charge is 0.380 e. The van der Waals surface area contributed by atoms with Crippen LogP contribution in [-0.4, -0.2) is 19.3 Å². The van der Waals surface area contributed by atoms with Crippen molar-refractivity contribution in [2.75, 3.05) is 13.2 Å². The molecule has 15 heavy (non-hydrogen) atoms. The van der Waals surface area contributed by atoms with E-state index in [-0.39, 0.29) is 0 Å². The molecule has 0 saturated carbocycles. The van der Waals surface area contributed by atoms with Gasteiger partial charge in [0, 0.05) is 19.2 Å². The van der Waals surface area contributed by atoms with Crippen LogP contribution in [0.2, 0.25) is 0 Å². The van der Waals surface area contributed by atoms with Crippen molar-refractivity contribution in [1.29, 1.82) is 5.26 Å². The first-order valence-electron chi connectivity index (χ1n) is 5.18. The maximum absolute atomic E-state index is 8.75. The molecule has 3 heteroatoms.